The number of fused-ring (bicyclic) bond motifs is 2. The molecule has 0 aliphatic carbocycles. The number of rotatable bonds is 11. The molecule has 44 heavy (non-hydrogen) atoms. The van der Waals surface area contributed by atoms with Crippen LogP contribution in [0.4, 0.5) is 5.82 Å². The Bertz CT molecular complexity index is 1810. The van der Waals surface area contributed by atoms with Gasteiger partial charge in [0, 0.05) is 11.8 Å². The van der Waals surface area contributed by atoms with E-state index in [2.05, 4.69) is 20.0 Å². The van der Waals surface area contributed by atoms with Crippen LogP contribution in [0.1, 0.15) is 25.1 Å². The number of imidazole rings is 1. The number of nitrogens with zero attached hydrogens (tertiary/aromatic N) is 4. The molecule has 3 aromatic carbocycles. The fourth-order valence-corrected chi connectivity index (χ4v) is 6.50. The Balaban J connectivity index is 1.18. The van der Waals surface area contributed by atoms with Gasteiger partial charge < -0.3 is 24.8 Å². The van der Waals surface area contributed by atoms with Crippen LogP contribution in [0.3, 0.4) is 0 Å². The van der Waals surface area contributed by atoms with E-state index in [0.717, 1.165) is 10.9 Å². The lowest BCUT2D eigenvalue weighted by Crippen LogP contribution is -2.35. The van der Waals surface area contributed by atoms with Crippen LogP contribution in [0.2, 0.25) is 0 Å². The quantitative estimate of drug-likeness (QED) is 0.143. The monoisotopic (exact) mass is 618 g/mol. The Morgan fingerprint density at radius 3 is 2.73 bits per heavy atom. The molecular formula is C30H31N6O7P. The number of aliphatic hydroxyl groups is 1. The Morgan fingerprint density at radius 2 is 1.89 bits per heavy atom. The Hall–Kier alpha value is -4.39. The Morgan fingerprint density at radius 1 is 1.11 bits per heavy atom. The van der Waals surface area contributed by atoms with Crippen LogP contribution in [0.25, 0.3) is 21.9 Å². The molecule has 0 saturated carbocycles. The van der Waals surface area contributed by atoms with E-state index in [0.29, 0.717) is 22.3 Å². The van der Waals surface area contributed by atoms with Crippen molar-refractivity contribution < 1.29 is 33.0 Å². The molecular weight excluding hydrogens is 587 g/mol. The molecule has 1 saturated heterocycles. The molecule has 0 spiro atoms. The zero-order chi connectivity index (χ0) is 30.7. The highest BCUT2D eigenvalue weighted by molar-refractivity contribution is 7.52. The van der Waals surface area contributed by atoms with Crippen molar-refractivity contribution in [3.05, 3.63) is 91.0 Å². The van der Waals surface area contributed by atoms with Crippen molar-refractivity contribution in [3.8, 4) is 5.75 Å². The summed E-state index contributed by atoms with van der Waals surface area (Å²) in [5.74, 6) is -0.133. The van der Waals surface area contributed by atoms with Crippen molar-refractivity contribution in [1.82, 2.24) is 24.6 Å². The summed E-state index contributed by atoms with van der Waals surface area (Å²) in [6.45, 7) is 1.34. The van der Waals surface area contributed by atoms with Crippen LogP contribution in [-0.4, -0.2) is 55.5 Å². The molecule has 2 aromatic heterocycles. The highest BCUT2D eigenvalue weighted by Gasteiger charge is 2.39. The maximum absolute atomic E-state index is 14.2. The third-order valence-electron chi connectivity index (χ3n) is 7.15. The molecule has 13 nitrogen and oxygen atoms in total. The largest absolute Gasteiger partial charge is 0.460 e. The van der Waals surface area contributed by atoms with Crippen molar-refractivity contribution in [2.45, 2.75) is 44.4 Å². The van der Waals surface area contributed by atoms with Crippen LogP contribution in [0, 0.1) is 0 Å². The summed E-state index contributed by atoms with van der Waals surface area (Å²) in [6, 6.07) is 21.0. The highest BCUT2D eigenvalue weighted by atomic mass is 31.2. The minimum Gasteiger partial charge on any atom is -0.460 e. The van der Waals surface area contributed by atoms with E-state index in [9.17, 15) is 14.5 Å². The van der Waals surface area contributed by atoms with Crippen molar-refractivity contribution in [3.63, 3.8) is 0 Å². The molecule has 0 bridgehead atoms. The molecule has 6 rings (SSSR count). The summed E-state index contributed by atoms with van der Waals surface area (Å²) in [4.78, 5) is 25.3. The van der Waals surface area contributed by atoms with E-state index >= 15 is 0 Å². The number of aliphatic hydroxyl groups excluding tert-OH is 1. The number of nitrogen functional groups attached to an aromatic ring is 1. The lowest BCUT2D eigenvalue weighted by atomic mass is 10.1. The molecule has 0 amide bonds. The second kappa shape index (κ2) is 12.7. The second-order valence-corrected chi connectivity index (χ2v) is 12.0. The molecule has 4 N–H and O–H groups in total. The zero-order valence-electron chi connectivity index (χ0n) is 23.7. The second-order valence-electron chi connectivity index (χ2n) is 10.3. The molecule has 1 aliphatic rings. The number of nitrogens with two attached hydrogens (primary N) is 1. The minimum atomic E-state index is -4.22. The van der Waals surface area contributed by atoms with Gasteiger partial charge >= 0.3 is 13.7 Å². The summed E-state index contributed by atoms with van der Waals surface area (Å²) in [6.07, 6.45) is 0.449. The van der Waals surface area contributed by atoms with E-state index in [1.165, 1.54) is 19.6 Å². The van der Waals surface area contributed by atoms with Gasteiger partial charge in [-0.3, -0.25) is 13.9 Å². The summed E-state index contributed by atoms with van der Waals surface area (Å²) < 4.78 is 39.2. The van der Waals surface area contributed by atoms with Crippen LogP contribution >= 0.6 is 7.75 Å². The van der Waals surface area contributed by atoms with E-state index in [1.54, 1.807) is 16.7 Å². The molecule has 5 atom stereocenters. The highest BCUT2D eigenvalue weighted by Crippen LogP contribution is 2.47. The number of hydrogen-bond donors (Lipinski definition) is 3. The fourth-order valence-electron chi connectivity index (χ4n) is 4.96. The lowest BCUT2D eigenvalue weighted by Gasteiger charge is -2.24. The van der Waals surface area contributed by atoms with Gasteiger partial charge in [0.1, 0.15) is 36.3 Å². The lowest BCUT2D eigenvalue weighted by molar-refractivity contribution is -0.146. The average Bonchev–Trinajstić information content (AvgIpc) is 3.63. The number of hydrogen-bond acceptors (Lipinski definition) is 11. The first-order valence-corrected chi connectivity index (χ1v) is 15.5. The number of ether oxygens (including phenoxy) is 2. The van der Waals surface area contributed by atoms with Crippen molar-refractivity contribution in [1.29, 1.82) is 0 Å². The van der Waals surface area contributed by atoms with Gasteiger partial charge in [-0.2, -0.15) is 5.09 Å². The van der Waals surface area contributed by atoms with Crippen LogP contribution in [0.15, 0.2) is 85.5 Å². The molecule has 228 valence electrons. The van der Waals surface area contributed by atoms with Gasteiger partial charge in [0.05, 0.1) is 19.0 Å². The van der Waals surface area contributed by atoms with Gasteiger partial charge in [0.15, 0.2) is 17.7 Å². The van der Waals surface area contributed by atoms with E-state index < -0.39 is 38.2 Å². The third kappa shape index (κ3) is 6.42. The normalized spacial score (nSPS) is 20.4. The minimum absolute atomic E-state index is 0.0513. The van der Waals surface area contributed by atoms with Crippen molar-refractivity contribution in [2.24, 2.45) is 0 Å². The predicted molar refractivity (Wildman–Crippen MR) is 161 cm³/mol. The number of nitrogens with one attached hydrogen (secondary N) is 1. The predicted octanol–water partition coefficient (Wildman–Crippen LogP) is 4.14. The average molecular weight is 619 g/mol. The number of esters is 1. The number of carbonyl (C=O) groups excluding carboxylic acids is 1. The first-order valence-electron chi connectivity index (χ1n) is 14.0. The standard InChI is InChI=1S/C30H31N6O7P/c1-19(30(38)40-15-20-8-3-2-4-9-20)35-44(39,43-25-13-7-11-21-10-5-6-12-23(21)25)41-16-22-14-24(37)29(42-22)36-18-34-26-27(31)32-17-33-28(26)36/h2-13,17-19,22,24,29,37H,14-16H2,1H3,(H,35,39)(H2,31,32,33)/t19-,22-,24-,29?,44?/m0/s1. The smallest absolute Gasteiger partial charge is 0.459 e. The number of aromatic nitrogens is 4. The van der Waals surface area contributed by atoms with Gasteiger partial charge in [0.25, 0.3) is 0 Å². The van der Waals surface area contributed by atoms with Crippen LogP contribution in [-0.2, 0) is 30.0 Å². The molecule has 14 heteroatoms. The first-order chi connectivity index (χ1) is 21.3. The number of anilines is 1. The zero-order valence-corrected chi connectivity index (χ0v) is 24.6. The SMILES string of the molecule is C[C@H](NP(=O)(OC[C@@H]1C[C@H](O)C(n2cnc3c(N)ncnc32)O1)Oc1cccc2ccccc12)C(=O)OCc1ccccc1. The fraction of sp³-hybridized carbons (Fsp3) is 0.267. The Labute approximate surface area is 252 Å². The number of carbonyl (C=O) groups is 1. The Kier molecular flexibility index (Phi) is 8.56. The van der Waals surface area contributed by atoms with Crippen LogP contribution < -0.4 is 15.3 Å². The van der Waals surface area contributed by atoms with Crippen molar-refractivity contribution >= 4 is 41.5 Å². The van der Waals surface area contributed by atoms with Crippen molar-refractivity contribution in [2.75, 3.05) is 12.3 Å². The topological polar surface area (TPSA) is 173 Å². The summed E-state index contributed by atoms with van der Waals surface area (Å²) >= 11 is 0. The summed E-state index contributed by atoms with van der Waals surface area (Å²) in [5.41, 5.74) is 7.49. The van der Waals surface area contributed by atoms with Crippen LogP contribution in [0.5, 0.6) is 5.75 Å². The van der Waals surface area contributed by atoms with E-state index in [-0.39, 0.29) is 25.5 Å². The summed E-state index contributed by atoms with van der Waals surface area (Å²) in [5, 5.41) is 15.1. The van der Waals surface area contributed by atoms with Gasteiger partial charge in [-0.25, -0.2) is 19.5 Å². The first kappa shape index (κ1) is 29.7. The van der Waals surface area contributed by atoms with Gasteiger partial charge in [-0.1, -0.05) is 66.7 Å². The molecule has 5 aromatic rings. The van der Waals surface area contributed by atoms with Gasteiger partial charge in [-0.15, -0.1) is 0 Å². The maximum Gasteiger partial charge on any atom is 0.459 e. The number of benzene rings is 3. The summed E-state index contributed by atoms with van der Waals surface area (Å²) in [7, 11) is -4.22. The van der Waals surface area contributed by atoms with Gasteiger partial charge in [-0.05, 0) is 23.9 Å². The molecule has 0 radical (unpaired) electrons. The molecule has 3 heterocycles. The molecule has 1 fully saturated rings. The van der Waals surface area contributed by atoms with E-state index in [4.69, 9.17) is 24.3 Å². The third-order valence-corrected chi connectivity index (χ3v) is 8.78. The molecule has 1 aliphatic heterocycles. The maximum atomic E-state index is 14.2. The van der Waals surface area contributed by atoms with Gasteiger partial charge in [0.2, 0.25) is 0 Å². The van der Waals surface area contributed by atoms with E-state index in [1.807, 2.05) is 60.7 Å². The molecule has 2 unspecified atom stereocenters.